The van der Waals surface area contributed by atoms with E-state index in [0.717, 1.165) is 22.3 Å². The van der Waals surface area contributed by atoms with Crippen molar-refractivity contribution in [2.75, 3.05) is 13.1 Å². The normalized spacial score (nSPS) is 14.0. The van der Waals surface area contributed by atoms with Crippen molar-refractivity contribution < 1.29 is 19.1 Å². The molecule has 3 N–H and O–H groups in total. The summed E-state index contributed by atoms with van der Waals surface area (Å²) in [7, 11) is -1.90. The van der Waals surface area contributed by atoms with E-state index in [1.807, 2.05) is 56.3 Å². The summed E-state index contributed by atoms with van der Waals surface area (Å²) in [6.07, 6.45) is -1.77. The van der Waals surface area contributed by atoms with E-state index in [1.54, 1.807) is 6.92 Å². The van der Waals surface area contributed by atoms with Gasteiger partial charge in [-0.05, 0) is 100 Å². The molecule has 5 aromatic rings. The maximum absolute atomic E-state index is 13.7. The van der Waals surface area contributed by atoms with E-state index in [0.29, 0.717) is 13.1 Å². The molecule has 0 aromatic heterocycles. The number of ether oxygens (including phenoxy) is 1. The first-order valence-electron chi connectivity index (χ1n) is 18.2. The summed E-state index contributed by atoms with van der Waals surface area (Å²) >= 11 is 0. The molecule has 2 atom stereocenters. The van der Waals surface area contributed by atoms with Crippen LogP contribution in [-0.4, -0.2) is 47.9 Å². The molecule has 1 aliphatic carbocycles. The molecule has 5 aromatic carbocycles. The molecule has 0 unspecified atom stereocenters. The van der Waals surface area contributed by atoms with Crippen LogP contribution < -0.4 is 16.0 Å². The zero-order valence-corrected chi connectivity index (χ0v) is 31.9. The molecule has 0 saturated heterocycles. The van der Waals surface area contributed by atoms with Crippen LogP contribution >= 0.6 is 10.0 Å². The highest BCUT2D eigenvalue weighted by atomic mass is 32.3. The summed E-state index contributed by atoms with van der Waals surface area (Å²) in [6, 6.07) is 47.0. The highest BCUT2D eigenvalue weighted by Gasteiger charge is 2.45. The lowest BCUT2D eigenvalue weighted by molar-refractivity contribution is -0.135. The maximum atomic E-state index is 13.7. The van der Waals surface area contributed by atoms with Gasteiger partial charge in [0.2, 0.25) is 5.91 Å². The number of hydrogen-bond acceptors (Lipinski definition) is 4. The topological polar surface area (TPSA) is 96.5 Å². The summed E-state index contributed by atoms with van der Waals surface area (Å²) in [5.41, 5.74) is 4.60. The zero-order valence-electron chi connectivity index (χ0n) is 31.0. The Kier molecular flexibility index (Phi) is 11.4. The van der Waals surface area contributed by atoms with Crippen LogP contribution in [0, 0.1) is 5.92 Å². The third-order valence-corrected chi connectivity index (χ3v) is 14.8. The van der Waals surface area contributed by atoms with Gasteiger partial charge in [-0.25, -0.2) is 4.79 Å². The van der Waals surface area contributed by atoms with E-state index in [-0.39, 0.29) is 17.7 Å². The molecule has 0 fully saturated rings. The van der Waals surface area contributed by atoms with Crippen LogP contribution in [0.2, 0.25) is 0 Å². The van der Waals surface area contributed by atoms with E-state index in [4.69, 9.17) is 4.74 Å². The van der Waals surface area contributed by atoms with Crippen molar-refractivity contribution in [2.45, 2.75) is 72.1 Å². The number of carbonyl (C=O) groups is 3. The number of fused-ring (bicyclic) bond motifs is 3. The quantitative estimate of drug-likeness (QED) is 0.113. The van der Waals surface area contributed by atoms with E-state index in [9.17, 15) is 14.4 Å². The Labute approximate surface area is 314 Å². The largest absolute Gasteiger partial charge is 0.436 e. The number of benzene rings is 5. The second-order valence-electron chi connectivity index (χ2n) is 14.4. The molecular formula is C45H49N3O4S. The number of carbonyl (C=O) groups excluding carboxylic acids is 3. The SMILES string of the molecule is CC(C)[C@H](OC(=O)NCC1c2ccccc2-c2ccccc21)C(=O)N[C@@H](C)C(=O)NCC(C)(C)S(c1ccccc1)(c1ccccc1)c1ccccc1. The van der Waals surface area contributed by atoms with Crippen molar-refractivity contribution in [3.63, 3.8) is 0 Å². The van der Waals surface area contributed by atoms with Crippen LogP contribution in [-0.2, 0) is 14.3 Å². The van der Waals surface area contributed by atoms with Crippen LogP contribution in [0.1, 0.15) is 51.7 Å². The fourth-order valence-corrected chi connectivity index (χ4v) is 12.2. The molecule has 0 heterocycles. The van der Waals surface area contributed by atoms with E-state index in [1.165, 1.54) is 14.7 Å². The highest BCUT2D eigenvalue weighted by molar-refractivity contribution is 8.35. The third-order valence-electron chi connectivity index (χ3n) is 10.1. The first-order chi connectivity index (χ1) is 25.5. The lowest BCUT2D eigenvalue weighted by Gasteiger charge is -2.53. The molecule has 0 aliphatic heterocycles. The van der Waals surface area contributed by atoms with E-state index < -0.39 is 38.9 Å². The molecule has 274 valence electrons. The van der Waals surface area contributed by atoms with Gasteiger partial charge < -0.3 is 20.7 Å². The molecule has 0 spiro atoms. The fourth-order valence-electron chi connectivity index (χ4n) is 7.48. The monoisotopic (exact) mass is 727 g/mol. The molecule has 8 heteroatoms. The van der Waals surface area contributed by atoms with Crippen LogP contribution in [0.3, 0.4) is 0 Å². The van der Waals surface area contributed by atoms with Gasteiger partial charge in [0.1, 0.15) is 6.04 Å². The van der Waals surface area contributed by atoms with Crippen molar-refractivity contribution in [3.05, 3.63) is 151 Å². The Morgan fingerprint density at radius 2 is 1.06 bits per heavy atom. The maximum Gasteiger partial charge on any atom is 0.407 e. The van der Waals surface area contributed by atoms with Crippen LogP contribution in [0.25, 0.3) is 11.1 Å². The summed E-state index contributed by atoms with van der Waals surface area (Å²) in [5, 5.41) is 8.87. The smallest absolute Gasteiger partial charge is 0.407 e. The second-order valence-corrected chi connectivity index (χ2v) is 18.2. The number of amides is 3. The standard InChI is InChI=1S/C45H49N3O4S/c1-31(2)41(52-44(51)46-29-40-38-27-17-15-25-36(38)37-26-16-18-28-39(37)40)43(50)48-32(3)42(49)47-30-45(4,5)53(33-19-9-6-10-20-33,34-21-11-7-12-22-34)35-23-13-8-14-24-35/h6-28,31-32,40-41H,29-30H2,1-5H3,(H,46,51)(H,47,49)(H,48,50)/t32-,41-/m0/s1. The predicted molar refractivity (Wildman–Crippen MR) is 213 cm³/mol. The minimum Gasteiger partial charge on any atom is -0.436 e. The highest BCUT2D eigenvalue weighted by Crippen LogP contribution is 2.75. The molecule has 0 saturated carbocycles. The number of rotatable bonds is 13. The molecule has 3 amide bonds. The lowest BCUT2D eigenvalue weighted by atomic mass is 9.97. The van der Waals surface area contributed by atoms with Gasteiger partial charge in [0.05, 0.1) is 0 Å². The Hall–Kier alpha value is -5.34. The summed E-state index contributed by atoms with van der Waals surface area (Å²) in [5.74, 6) is -1.19. The first kappa shape index (κ1) is 37.4. The molecular weight excluding hydrogens is 679 g/mol. The van der Waals surface area contributed by atoms with E-state index >= 15 is 0 Å². The van der Waals surface area contributed by atoms with Gasteiger partial charge in [0.15, 0.2) is 6.10 Å². The number of nitrogens with one attached hydrogen (secondary N) is 3. The Morgan fingerprint density at radius 3 is 1.51 bits per heavy atom. The second kappa shape index (κ2) is 16.1. The number of hydrogen-bond donors (Lipinski definition) is 3. The van der Waals surface area contributed by atoms with Gasteiger partial charge >= 0.3 is 6.09 Å². The van der Waals surface area contributed by atoms with Gasteiger partial charge in [-0.3, -0.25) is 9.59 Å². The molecule has 0 bridgehead atoms. The van der Waals surface area contributed by atoms with Crippen LogP contribution in [0.5, 0.6) is 0 Å². The predicted octanol–water partition coefficient (Wildman–Crippen LogP) is 8.93. The van der Waals surface area contributed by atoms with Crippen molar-refractivity contribution in [1.82, 2.24) is 16.0 Å². The zero-order chi connectivity index (χ0) is 37.6. The van der Waals surface area contributed by atoms with E-state index in [2.05, 4.69) is 127 Å². The van der Waals surface area contributed by atoms with Gasteiger partial charge in [0, 0.05) is 23.8 Å². The average Bonchev–Trinajstić information content (AvgIpc) is 3.50. The van der Waals surface area contributed by atoms with Crippen LogP contribution in [0.4, 0.5) is 4.79 Å². The third kappa shape index (κ3) is 7.60. The van der Waals surface area contributed by atoms with Crippen molar-refractivity contribution in [1.29, 1.82) is 0 Å². The van der Waals surface area contributed by atoms with Crippen LogP contribution in [0.15, 0.2) is 154 Å². The number of alkyl carbamates (subject to hydrolysis) is 1. The summed E-state index contributed by atoms with van der Waals surface area (Å²) < 4.78 is 5.25. The van der Waals surface area contributed by atoms with Crippen molar-refractivity contribution in [3.8, 4) is 11.1 Å². The van der Waals surface area contributed by atoms with Crippen molar-refractivity contribution in [2.24, 2.45) is 5.92 Å². The van der Waals surface area contributed by atoms with Crippen molar-refractivity contribution >= 4 is 27.9 Å². The van der Waals surface area contributed by atoms with Gasteiger partial charge in [-0.2, -0.15) is 10.0 Å². The molecule has 1 aliphatic rings. The molecule has 53 heavy (non-hydrogen) atoms. The average molecular weight is 728 g/mol. The Bertz CT molecular complexity index is 1890. The lowest BCUT2D eigenvalue weighted by Crippen LogP contribution is -2.52. The minimum atomic E-state index is -1.90. The Morgan fingerprint density at radius 1 is 0.623 bits per heavy atom. The first-order valence-corrected chi connectivity index (χ1v) is 19.9. The molecule has 7 nitrogen and oxygen atoms in total. The van der Waals surface area contributed by atoms with Gasteiger partial charge in [-0.1, -0.05) is 117 Å². The fraction of sp³-hybridized carbons (Fsp3) is 0.267. The summed E-state index contributed by atoms with van der Waals surface area (Å²) in [6.45, 7) is 10.3. The minimum absolute atomic E-state index is 0.0273. The molecule has 0 radical (unpaired) electrons. The Balaban J connectivity index is 1.12. The van der Waals surface area contributed by atoms with Gasteiger partial charge in [-0.15, -0.1) is 0 Å². The molecule has 6 rings (SSSR count). The van der Waals surface area contributed by atoms with Gasteiger partial charge in [0.25, 0.3) is 5.91 Å². The summed E-state index contributed by atoms with van der Waals surface area (Å²) in [4.78, 5) is 43.9.